The van der Waals surface area contributed by atoms with E-state index < -0.39 is 65.0 Å². The second kappa shape index (κ2) is 12.8. The molecule has 3 heterocycles. The summed E-state index contributed by atoms with van der Waals surface area (Å²) in [6, 6.07) is 3.86. The van der Waals surface area contributed by atoms with Crippen molar-refractivity contribution in [3.05, 3.63) is 39.2 Å². The van der Waals surface area contributed by atoms with Crippen molar-refractivity contribution >= 4 is 69.3 Å². The Morgan fingerprint density at radius 1 is 1.00 bits per heavy atom. The Balaban J connectivity index is 1.66. The highest BCUT2D eigenvalue weighted by Gasteiger charge is 2.54. The minimum absolute atomic E-state index is 0.00353. The highest BCUT2D eigenvalue weighted by atomic mass is 79.9. The Bertz CT molecular complexity index is 1630. The lowest BCUT2D eigenvalue weighted by Gasteiger charge is -2.39. The summed E-state index contributed by atoms with van der Waals surface area (Å²) in [5.41, 5.74) is -4.94. The van der Waals surface area contributed by atoms with Crippen molar-refractivity contribution in [3.63, 3.8) is 0 Å². The number of fused-ring (bicyclic) bond motifs is 2. The third-order valence-corrected chi connectivity index (χ3v) is 7.47. The first-order valence-electron chi connectivity index (χ1n) is 14.9. The molecule has 1 atom stereocenters. The number of amides is 5. The Morgan fingerprint density at radius 2 is 1.56 bits per heavy atom. The zero-order valence-corrected chi connectivity index (χ0v) is 30.4. The Hall–Kier alpha value is -3.92. The van der Waals surface area contributed by atoms with Gasteiger partial charge in [0.1, 0.15) is 33.8 Å². The molecule has 1 aromatic heterocycles. The third-order valence-electron chi connectivity index (χ3n) is 6.79. The third kappa shape index (κ3) is 8.02. The standard InChI is InChI=1S/C31H38BrClFN5O9/c1-28(2,3)45-24(41)38-18-11-10-17(33)23(34)22(18)31(48-25(38)42)12-13-36(16-31)21(40)15-37-20(14-19(32)35-37)39(26(43)46-29(4,5)6)27(44)47-30(7,8)9/h10-11,14H,12-13,15-16H2,1-9H3/t31-/m0/s1. The van der Waals surface area contributed by atoms with E-state index in [4.69, 9.17) is 30.5 Å². The number of carbonyl (C=O) groups is 5. The average molecular weight is 759 g/mol. The molecule has 2 aliphatic rings. The van der Waals surface area contributed by atoms with Gasteiger partial charge in [-0.05, 0) is 90.4 Å². The first kappa shape index (κ1) is 36.9. The van der Waals surface area contributed by atoms with Crippen LogP contribution in [0.3, 0.4) is 0 Å². The smallest absolute Gasteiger partial charge is 0.425 e. The second-order valence-corrected chi connectivity index (χ2v) is 15.5. The number of carbonyl (C=O) groups excluding carboxylic acids is 5. The van der Waals surface area contributed by atoms with Gasteiger partial charge in [-0.15, -0.1) is 0 Å². The van der Waals surface area contributed by atoms with Crippen molar-refractivity contribution in [3.8, 4) is 0 Å². The van der Waals surface area contributed by atoms with E-state index in [1.165, 1.54) is 23.1 Å². The van der Waals surface area contributed by atoms with Crippen molar-refractivity contribution < 1.29 is 47.3 Å². The molecular weight excluding hydrogens is 721 g/mol. The molecule has 4 rings (SSSR count). The van der Waals surface area contributed by atoms with E-state index in [1.54, 1.807) is 62.3 Å². The topological polar surface area (TPSA) is 150 Å². The summed E-state index contributed by atoms with van der Waals surface area (Å²) in [6.07, 6.45) is -4.35. The summed E-state index contributed by atoms with van der Waals surface area (Å²) in [6.45, 7) is 13.8. The summed E-state index contributed by atoms with van der Waals surface area (Å²) in [4.78, 5) is 69.1. The van der Waals surface area contributed by atoms with Crippen LogP contribution in [0.15, 0.2) is 22.8 Å². The maximum absolute atomic E-state index is 15.8. The largest absolute Gasteiger partial charge is 0.443 e. The molecule has 0 radical (unpaired) electrons. The van der Waals surface area contributed by atoms with E-state index in [9.17, 15) is 24.0 Å². The van der Waals surface area contributed by atoms with Gasteiger partial charge in [-0.1, -0.05) is 11.6 Å². The first-order valence-corrected chi connectivity index (χ1v) is 16.1. The van der Waals surface area contributed by atoms with E-state index in [0.29, 0.717) is 9.80 Å². The van der Waals surface area contributed by atoms with Crippen LogP contribution in [0.5, 0.6) is 0 Å². The van der Waals surface area contributed by atoms with Crippen LogP contribution in [-0.2, 0) is 35.9 Å². The van der Waals surface area contributed by atoms with Crippen molar-refractivity contribution in [1.29, 1.82) is 0 Å². The van der Waals surface area contributed by atoms with Crippen LogP contribution < -0.4 is 9.80 Å². The molecule has 1 fully saturated rings. The highest BCUT2D eigenvalue weighted by Crippen LogP contribution is 2.48. The fraction of sp³-hybridized carbons (Fsp3) is 0.548. The second-order valence-electron chi connectivity index (χ2n) is 14.3. The Labute approximate surface area is 290 Å². The number of likely N-dealkylation sites (tertiary alicyclic amines) is 1. The molecule has 262 valence electrons. The SMILES string of the molecule is CC(C)(C)OC(=O)N1C(=O)O[C@]2(CCN(C(=O)Cn3nc(Br)cc3N(C(=O)OC(C)(C)C)C(=O)OC(C)(C)C)C2)c2c1ccc(Cl)c2F. The number of halogens is 3. The Kier molecular flexibility index (Phi) is 9.87. The molecule has 0 saturated carbocycles. The summed E-state index contributed by atoms with van der Waals surface area (Å²) >= 11 is 9.37. The van der Waals surface area contributed by atoms with Crippen LogP contribution in [0, 0.1) is 5.82 Å². The molecule has 1 saturated heterocycles. The van der Waals surface area contributed by atoms with Gasteiger partial charge >= 0.3 is 24.4 Å². The van der Waals surface area contributed by atoms with Crippen molar-refractivity contribution in [1.82, 2.24) is 14.7 Å². The van der Waals surface area contributed by atoms with Gasteiger partial charge in [0.15, 0.2) is 11.4 Å². The lowest BCUT2D eigenvalue weighted by Crippen LogP contribution is -2.51. The molecule has 0 unspecified atom stereocenters. The molecule has 2 aromatic rings. The molecular formula is C31H38BrClFN5O9. The Morgan fingerprint density at radius 3 is 2.10 bits per heavy atom. The van der Waals surface area contributed by atoms with Gasteiger partial charge in [-0.3, -0.25) is 4.79 Å². The van der Waals surface area contributed by atoms with E-state index in [0.717, 1.165) is 4.68 Å². The van der Waals surface area contributed by atoms with Crippen LogP contribution in [0.4, 0.5) is 35.1 Å². The van der Waals surface area contributed by atoms with E-state index in [2.05, 4.69) is 21.0 Å². The molecule has 1 aromatic carbocycles. The normalized spacial score (nSPS) is 18.0. The van der Waals surface area contributed by atoms with Crippen LogP contribution >= 0.6 is 27.5 Å². The van der Waals surface area contributed by atoms with Gasteiger partial charge < -0.3 is 23.8 Å². The number of nitrogens with zero attached hydrogens (tertiary/aromatic N) is 5. The average Bonchev–Trinajstić information content (AvgIpc) is 3.46. The van der Waals surface area contributed by atoms with Gasteiger partial charge in [0.2, 0.25) is 5.91 Å². The van der Waals surface area contributed by atoms with Crippen molar-refractivity contribution in [2.24, 2.45) is 0 Å². The predicted octanol–water partition coefficient (Wildman–Crippen LogP) is 7.13. The molecule has 0 N–H and O–H groups in total. The molecule has 17 heteroatoms. The molecule has 2 aliphatic heterocycles. The van der Waals surface area contributed by atoms with Gasteiger partial charge in [0.25, 0.3) is 0 Å². The van der Waals surface area contributed by atoms with Crippen LogP contribution in [0.2, 0.25) is 5.02 Å². The summed E-state index contributed by atoms with van der Waals surface area (Å²) in [5.74, 6) is -1.63. The van der Waals surface area contributed by atoms with Crippen molar-refractivity contribution in [2.75, 3.05) is 22.9 Å². The van der Waals surface area contributed by atoms with Gasteiger partial charge in [-0.25, -0.2) is 28.3 Å². The summed E-state index contributed by atoms with van der Waals surface area (Å²) < 4.78 is 39.1. The number of hydrogen-bond acceptors (Lipinski definition) is 10. The summed E-state index contributed by atoms with van der Waals surface area (Å²) in [7, 11) is 0. The molecule has 0 aliphatic carbocycles. The minimum Gasteiger partial charge on any atom is -0.443 e. The number of hydrogen-bond donors (Lipinski definition) is 0. The number of aromatic nitrogens is 2. The monoisotopic (exact) mass is 757 g/mol. The molecule has 48 heavy (non-hydrogen) atoms. The van der Waals surface area contributed by atoms with E-state index in [-0.39, 0.29) is 46.2 Å². The van der Waals surface area contributed by atoms with Gasteiger partial charge in [-0.2, -0.15) is 14.9 Å². The zero-order chi connectivity index (χ0) is 36.1. The fourth-order valence-corrected chi connectivity index (χ4v) is 5.62. The van der Waals surface area contributed by atoms with E-state index in [1.807, 2.05) is 0 Å². The summed E-state index contributed by atoms with van der Waals surface area (Å²) in [5, 5.41) is 3.96. The molecule has 5 amide bonds. The zero-order valence-electron chi connectivity index (χ0n) is 28.1. The van der Waals surface area contributed by atoms with E-state index >= 15 is 4.39 Å². The lowest BCUT2D eigenvalue weighted by molar-refractivity contribution is -0.132. The van der Waals surface area contributed by atoms with Gasteiger partial charge in [0.05, 0.1) is 22.8 Å². The number of anilines is 2. The number of ether oxygens (including phenoxy) is 4. The first-order chi connectivity index (χ1) is 21.9. The number of benzene rings is 1. The van der Waals surface area contributed by atoms with Crippen LogP contribution in [0.25, 0.3) is 0 Å². The highest BCUT2D eigenvalue weighted by molar-refractivity contribution is 9.10. The van der Waals surface area contributed by atoms with Crippen LogP contribution in [-0.4, -0.2) is 74.9 Å². The van der Waals surface area contributed by atoms with Crippen LogP contribution in [0.1, 0.15) is 74.3 Å². The quantitative estimate of drug-likeness (QED) is 0.296. The number of imide groups is 2. The lowest BCUT2D eigenvalue weighted by atomic mass is 9.89. The molecule has 0 bridgehead atoms. The fourth-order valence-electron chi connectivity index (χ4n) is 5.06. The maximum Gasteiger partial charge on any atom is 0.425 e. The predicted molar refractivity (Wildman–Crippen MR) is 174 cm³/mol. The van der Waals surface area contributed by atoms with Gasteiger partial charge in [0, 0.05) is 19.0 Å². The van der Waals surface area contributed by atoms with Crippen molar-refractivity contribution in [2.45, 2.75) is 97.7 Å². The minimum atomic E-state index is -1.69. The molecule has 1 spiro atoms. The molecule has 14 nitrogen and oxygen atoms in total. The maximum atomic E-state index is 15.8. The number of rotatable bonds is 3.